The third-order valence-corrected chi connectivity index (χ3v) is 5.39. The van der Waals surface area contributed by atoms with E-state index in [0.717, 1.165) is 4.34 Å². The first-order chi connectivity index (χ1) is 13.5. The molecule has 0 fully saturated rings. The summed E-state index contributed by atoms with van der Waals surface area (Å²) in [5.74, 6) is -0.213. The van der Waals surface area contributed by atoms with Crippen LogP contribution < -0.4 is 16.0 Å². The van der Waals surface area contributed by atoms with Gasteiger partial charge in [0.1, 0.15) is 0 Å². The minimum Gasteiger partial charge on any atom is -0.383 e. The van der Waals surface area contributed by atoms with Crippen molar-refractivity contribution < 1.29 is 19.1 Å². The summed E-state index contributed by atoms with van der Waals surface area (Å²) in [4.78, 5) is 39.2. The van der Waals surface area contributed by atoms with Gasteiger partial charge in [0, 0.05) is 37.3 Å². The Bertz CT molecular complexity index is 808. The summed E-state index contributed by atoms with van der Waals surface area (Å²) < 4.78 is 5.61. The summed E-state index contributed by atoms with van der Waals surface area (Å²) in [7, 11) is 1.58. The monoisotopic (exact) mass is 422 g/mol. The van der Waals surface area contributed by atoms with Crippen molar-refractivity contribution in [1.29, 1.82) is 0 Å². The fourth-order valence-corrected chi connectivity index (χ4v) is 3.76. The van der Waals surface area contributed by atoms with Crippen LogP contribution in [-0.4, -0.2) is 48.7 Å². The maximum Gasteiger partial charge on any atom is 0.234 e. The highest BCUT2D eigenvalue weighted by molar-refractivity contribution is 8.01. The lowest BCUT2D eigenvalue weighted by molar-refractivity contribution is -0.120. The van der Waals surface area contributed by atoms with Crippen LogP contribution in [0.4, 0.5) is 11.4 Å². The Morgan fingerprint density at radius 2 is 1.79 bits per heavy atom. The van der Waals surface area contributed by atoms with Gasteiger partial charge in [-0.15, -0.1) is 11.3 Å². The number of amides is 3. The molecule has 3 amide bonds. The maximum absolute atomic E-state index is 12.1. The number of thiazole rings is 1. The van der Waals surface area contributed by atoms with E-state index in [0.29, 0.717) is 30.2 Å². The number of benzene rings is 1. The van der Waals surface area contributed by atoms with Crippen molar-refractivity contribution in [2.24, 2.45) is 0 Å². The molecule has 0 radical (unpaired) electrons. The minimum absolute atomic E-state index is 0.112. The Balaban J connectivity index is 1.74. The lowest BCUT2D eigenvalue weighted by atomic mass is 10.3. The van der Waals surface area contributed by atoms with Gasteiger partial charge in [0.05, 0.1) is 24.5 Å². The summed E-state index contributed by atoms with van der Waals surface area (Å²) >= 11 is 2.72. The first-order valence-corrected chi connectivity index (χ1v) is 10.3. The van der Waals surface area contributed by atoms with Crippen LogP contribution in [0.25, 0.3) is 0 Å². The van der Waals surface area contributed by atoms with E-state index < -0.39 is 0 Å². The average molecular weight is 423 g/mol. The zero-order chi connectivity index (χ0) is 20.4. The third kappa shape index (κ3) is 8.07. The van der Waals surface area contributed by atoms with Crippen molar-refractivity contribution in [3.05, 3.63) is 35.3 Å². The van der Waals surface area contributed by atoms with Gasteiger partial charge in [-0.1, -0.05) is 11.8 Å². The summed E-state index contributed by atoms with van der Waals surface area (Å²) in [6, 6.07) is 6.87. The van der Waals surface area contributed by atoms with E-state index in [-0.39, 0.29) is 29.9 Å². The number of nitrogens with zero attached hydrogens (tertiary/aromatic N) is 1. The quantitative estimate of drug-likeness (QED) is 0.400. The average Bonchev–Trinajstić information content (AvgIpc) is 3.09. The van der Waals surface area contributed by atoms with Crippen molar-refractivity contribution >= 4 is 52.2 Å². The number of methoxy groups -OCH3 is 1. The number of hydrogen-bond acceptors (Lipinski definition) is 7. The Labute approximate surface area is 171 Å². The number of hydrogen-bond donors (Lipinski definition) is 3. The van der Waals surface area contributed by atoms with E-state index in [4.69, 9.17) is 4.74 Å². The molecule has 0 unspecified atom stereocenters. The van der Waals surface area contributed by atoms with Crippen molar-refractivity contribution in [3.8, 4) is 0 Å². The fourth-order valence-electron chi connectivity index (χ4n) is 2.12. The Morgan fingerprint density at radius 1 is 1.11 bits per heavy atom. The van der Waals surface area contributed by atoms with Gasteiger partial charge < -0.3 is 20.7 Å². The molecule has 0 aliphatic heterocycles. The van der Waals surface area contributed by atoms with E-state index >= 15 is 0 Å². The highest BCUT2D eigenvalue weighted by atomic mass is 32.2. The third-order valence-electron chi connectivity index (χ3n) is 3.32. The van der Waals surface area contributed by atoms with Crippen molar-refractivity contribution in [2.45, 2.75) is 17.7 Å². The second kappa shape index (κ2) is 11.4. The van der Waals surface area contributed by atoms with E-state index in [1.165, 1.54) is 30.0 Å². The molecule has 150 valence electrons. The fraction of sp³-hybridized carbons (Fsp3) is 0.333. The number of nitrogens with one attached hydrogen (secondary N) is 3. The topological polar surface area (TPSA) is 109 Å². The summed E-state index contributed by atoms with van der Waals surface area (Å²) in [6.45, 7) is 2.37. The van der Waals surface area contributed by atoms with E-state index in [1.807, 2.05) is 5.38 Å². The van der Waals surface area contributed by atoms with Crippen LogP contribution in [-0.2, 0) is 25.5 Å². The molecule has 3 N–H and O–H groups in total. The number of rotatable bonds is 10. The predicted octanol–water partition coefficient (Wildman–Crippen LogP) is 2.14. The zero-order valence-corrected chi connectivity index (χ0v) is 17.2. The second-order valence-corrected chi connectivity index (χ2v) is 7.80. The van der Waals surface area contributed by atoms with E-state index in [1.54, 1.807) is 31.4 Å². The van der Waals surface area contributed by atoms with Gasteiger partial charge >= 0.3 is 0 Å². The van der Waals surface area contributed by atoms with Crippen LogP contribution >= 0.6 is 23.1 Å². The molecule has 10 heteroatoms. The second-order valence-electron chi connectivity index (χ2n) is 5.72. The Morgan fingerprint density at radius 3 is 2.43 bits per heavy atom. The number of anilines is 2. The molecule has 8 nitrogen and oxygen atoms in total. The number of ether oxygens (including phenoxy) is 1. The van der Waals surface area contributed by atoms with Crippen molar-refractivity contribution in [3.63, 3.8) is 0 Å². The molecule has 0 spiro atoms. The molecule has 2 aromatic rings. The number of carbonyl (C=O) groups excluding carboxylic acids is 3. The van der Waals surface area contributed by atoms with Crippen LogP contribution in [0.3, 0.4) is 0 Å². The maximum atomic E-state index is 12.1. The van der Waals surface area contributed by atoms with E-state index in [2.05, 4.69) is 20.9 Å². The minimum atomic E-state index is -0.161. The van der Waals surface area contributed by atoms with Crippen LogP contribution in [0.5, 0.6) is 0 Å². The number of aromatic nitrogens is 1. The Kier molecular flexibility index (Phi) is 8.92. The van der Waals surface area contributed by atoms with Crippen LogP contribution in [0.1, 0.15) is 12.6 Å². The molecule has 1 aromatic carbocycles. The molecule has 0 saturated carbocycles. The van der Waals surface area contributed by atoms with Crippen molar-refractivity contribution in [2.75, 3.05) is 36.6 Å². The lowest BCUT2D eigenvalue weighted by Gasteiger charge is -2.06. The Hall–Kier alpha value is -2.43. The molecule has 1 aromatic heterocycles. The van der Waals surface area contributed by atoms with Crippen LogP contribution in [0.15, 0.2) is 34.0 Å². The normalized spacial score (nSPS) is 10.4. The molecular weight excluding hydrogens is 400 g/mol. The molecular formula is C18H22N4O4S2. The van der Waals surface area contributed by atoms with Gasteiger partial charge in [0.2, 0.25) is 17.7 Å². The summed E-state index contributed by atoms with van der Waals surface area (Å²) in [6.07, 6.45) is 0.202. The first-order valence-electron chi connectivity index (χ1n) is 8.46. The highest BCUT2D eigenvalue weighted by Crippen LogP contribution is 2.23. The van der Waals surface area contributed by atoms with Crippen molar-refractivity contribution in [1.82, 2.24) is 10.3 Å². The molecule has 0 aliphatic rings. The summed E-state index contributed by atoms with van der Waals surface area (Å²) in [5.41, 5.74) is 1.99. The highest BCUT2D eigenvalue weighted by Gasteiger charge is 2.10. The van der Waals surface area contributed by atoms with Crippen LogP contribution in [0.2, 0.25) is 0 Å². The molecule has 0 aliphatic carbocycles. The molecule has 0 atom stereocenters. The standard InChI is InChI=1S/C18H22N4O4S2/c1-12(23)20-13-3-5-14(6-4-13)21-17(25)11-28-18-22-15(10-27-18)9-16(24)19-7-8-26-2/h3-6,10H,7-9,11H2,1-2H3,(H,19,24)(H,20,23)(H,21,25). The smallest absolute Gasteiger partial charge is 0.234 e. The van der Waals surface area contributed by atoms with Gasteiger partial charge in [0.25, 0.3) is 0 Å². The van der Waals surface area contributed by atoms with Gasteiger partial charge in [-0.05, 0) is 24.3 Å². The van der Waals surface area contributed by atoms with Gasteiger partial charge in [-0.3, -0.25) is 14.4 Å². The molecule has 0 saturated heterocycles. The van der Waals surface area contributed by atoms with Gasteiger partial charge in [0.15, 0.2) is 4.34 Å². The zero-order valence-electron chi connectivity index (χ0n) is 15.6. The SMILES string of the molecule is COCCNC(=O)Cc1csc(SCC(=O)Nc2ccc(NC(C)=O)cc2)n1. The van der Waals surface area contributed by atoms with Gasteiger partial charge in [-0.25, -0.2) is 4.98 Å². The van der Waals surface area contributed by atoms with E-state index in [9.17, 15) is 14.4 Å². The number of thioether (sulfide) groups is 1. The molecule has 0 bridgehead atoms. The van der Waals surface area contributed by atoms with Gasteiger partial charge in [-0.2, -0.15) is 0 Å². The first kappa shape index (κ1) is 21.9. The lowest BCUT2D eigenvalue weighted by Crippen LogP contribution is -2.28. The number of carbonyl (C=O) groups is 3. The summed E-state index contributed by atoms with van der Waals surface area (Å²) in [5, 5.41) is 10.0. The van der Waals surface area contributed by atoms with Crippen LogP contribution in [0, 0.1) is 0 Å². The largest absolute Gasteiger partial charge is 0.383 e. The molecule has 28 heavy (non-hydrogen) atoms. The molecule has 1 heterocycles. The predicted molar refractivity (Wildman–Crippen MR) is 111 cm³/mol. The molecule has 2 rings (SSSR count).